The van der Waals surface area contributed by atoms with E-state index in [1.165, 1.54) is 12.5 Å². The number of aromatic nitrogens is 2. The van der Waals surface area contributed by atoms with E-state index in [1.807, 2.05) is 12.1 Å². The quantitative estimate of drug-likeness (QED) is 0.519. The Morgan fingerprint density at radius 3 is 2.54 bits per heavy atom. The number of carbonyl (C=O) groups is 1. The Bertz CT molecular complexity index is 725. The summed E-state index contributed by atoms with van der Waals surface area (Å²) in [6, 6.07) is 6.00. The fraction of sp³-hybridized carbons (Fsp3) is 0.500. The molecule has 2 rings (SSSR count). The highest BCUT2D eigenvalue weighted by molar-refractivity contribution is 5.65. The second-order valence-corrected chi connectivity index (χ2v) is 6.24. The van der Waals surface area contributed by atoms with Crippen molar-refractivity contribution in [2.75, 3.05) is 20.8 Å². The minimum atomic E-state index is -0.226. The number of nitrogens with zero attached hydrogens (tertiary/aromatic N) is 1. The molecule has 0 fully saturated rings. The zero-order valence-corrected chi connectivity index (χ0v) is 16.1. The fourth-order valence-electron chi connectivity index (χ4n) is 2.83. The van der Waals surface area contributed by atoms with E-state index in [2.05, 4.69) is 18.0 Å². The van der Waals surface area contributed by atoms with Crippen LogP contribution in [0.4, 0.5) is 0 Å². The van der Waals surface area contributed by atoms with Gasteiger partial charge in [0.05, 0.1) is 26.5 Å². The van der Waals surface area contributed by atoms with Crippen molar-refractivity contribution in [2.24, 2.45) is 0 Å². The Labute approximate surface area is 154 Å². The molecule has 0 radical (unpaired) electrons. The van der Waals surface area contributed by atoms with E-state index >= 15 is 0 Å². The summed E-state index contributed by atoms with van der Waals surface area (Å²) < 4.78 is 15.6. The molecule has 1 aromatic carbocycles. The normalized spacial score (nSPS) is 10.6. The number of aromatic amines is 1. The molecule has 1 heterocycles. The Kier molecular flexibility index (Phi) is 7.51. The second kappa shape index (κ2) is 9.85. The minimum absolute atomic E-state index is 0.226. The van der Waals surface area contributed by atoms with Crippen molar-refractivity contribution in [3.8, 4) is 11.5 Å². The smallest absolute Gasteiger partial charge is 0.302 e. The third kappa shape index (κ3) is 5.79. The number of benzene rings is 1. The number of imidazole rings is 1. The molecule has 0 aliphatic carbocycles. The summed E-state index contributed by atoms with van der Waals surface area (Å²) in [6.45, 7) is 3.96. The Morgan fingerprint density at radius 1 is 1.08 bits per heavy atom. The number of rotatable bonds is 10. The third-order valence-electron chi connectivity index (χ3n) is 4.25. The number of esters is 1. The molecule has 2 aromatic rings. The van der Waals surface area contributed by atoms with E-state index in [1.54, 1.807) is 14.2 Å². The van der Waals surface area contributed by atoms with Crippen molar-refractivity contribution >= 4 is 5.97 Å². The first-order valence-corrected chi connectivity index (χ1v) is 8.92. The van der Waals surface area contributed by atoms with Crippen LogP contribution in [-0.2, 0) is 28.8 Å². The molecule has 0 aliphatic rings. The predicted octanol–water partition coefficient (Wildman–Crippen LogP) is 3.41. The average molecular weight is 360 g/mol. The number of nitrogens with one attached hydrogen (secondary N) is 1. The molecule has 0 atom stereocenters. The summed E-state index contributed by atoms with van der Waals surface area (Å²) in [4.78, 5) is 18.8. The van der Waals surface area contributed by atoms with Crippen LogP contribution in [0.25, 0.3) is 0 Å². The zero-order chi connectivity index (χ0) is 18.9. The lowest BCUT2D eigenvalue weighted by atomic mass is 10.1. The van der Waals surface area contributed by atoms with Crippen molar-refractivity contribution in [1.29, 1.82) is 0 Å². The van der Waals surface area contributed by atoms with Crippen LogP contribution < -0.4 is 9.47 Å². The first-order chi connectivity index (χ1) is 12.5. The molecule has 0 saturated carbocycles. The molecule has 1 aromatic heterocycles. The van der Waals surface area contributed by atoms with Gasteiger partial charge in [-0.3, -0.25) is 4.79 Å². The standard InChI is InChI=1S/C20H28N2O4/c1-14-17(22-20(21-14)7-5-6-12-26-15(2)23)10-8-16-9-11-18(24-3)19(13-16)25-4/h9,11,13H,5-8,10,12H2,1-4H3,(H,21,22). The summed E-state index contributed by atoms with van der Waals surface area (Å²) in [6.07, 6.45) is 4.40. The minimum Gasteiger partial charge on any atom is -0.493 e. The van der Waals surface area contributed by atoms with Gasteiger partial charge >= 0.3 is 5.97 Å². The number of carbonyl (C=O) groups excluding carboxylic acids is 1. The van der Waals surface area contributed by atoms with Crippen LogP contribution in [0.1, 0.15) is 42.5 Å². The number of ether oxygens (including phenoxy) is 3. The lowest BCUT2D eigenvalue weighted by molar-refractivity contribution is -0.141. The number of aryl methyl sites for hydroxylation is 4. The van der Waals surface area contributed by atoms with Crippen LogP contribution in [0.15, 0.2) is 18.2 Å². The molecular weight excluding hydrogens is 332 g/mol. The van der Waals surface area contributed by atoms with E-state index in [9.17, 15) is 4.79 Å². The van der Waals surface area contributed by atoms with Gasteiger partial charge in [-0.25, -0.2) is 4.98 Å². The van der Waals surface area contributed by atoms with Crippen molar-refractivity contribution in [1.82, 2.24) is 9.97 Å². The lowest BCUT2D eigenvalue weighted by Gasteiger charge is -2.09. The van der Waals surface area contributed by atoms with Gasteiger partial charge in [0.15, 0.2) is 11.5 Å². The van der Waals surface area contributed by atoms with Crippen molar-refractivity contribution < 1.29 is 19.0 Å². The van der Waals surface area contributed by atoms with Crippen molar-refractivity contribution in [3.63, 3.8) is 0 Å². The SMILES string of the molecule is COc1ccc(CCc2nc(CCCCOC(C)=O)[nH]c2C)cc1OC. The first-order valence-electron chi connectivity index (χ1n) is 8.92. The summed E-state index contributed by atoms with van der Waals surface area (Å²) in [5, 5.41) is 0. The number of hydrogen-bond acceptors (Lipinski definition) is 5. The highest BCUT2D eigenvalue weighted by Gasteiger charge is 2.09. The van der Waals surface area contributed by atoms with Gasteiger partial charge in [-0.1, -0.05) is 6.07 Å². The molecule has 0 amide bonds. The van der Waals surface area contributed by atoms with Crippen LogP contribution in [0, 0.1) is 6.92 Å². The molecule has 0 unspecified atom stereocenters. The van der Waals surface area contributed by atoms with Crippen LogP contribution in [-0.4, -0.2) is 36.8 Å². The summed E-state index contributed by atoms with van der Waals surface area (Å²) in [5.74, 6) is 2.25. The largest absolute Gasteiger partial charge is 0.493 e. The average Bonchev–Trinajstić information content (AvgIpc) is 2.98. The van der Waals surface area contributed by atoms with Crippen LogP contribution in [0.2, 0.25) is 0 Å². The maximum absolute atomic E-state index is 10.7. The van der Waals surface area contributed by atoms with Crippen LogP contribution >= 0.6 is 0 Å². The van der Waals surface area contributed by atoms with Gasteiger partial charge in [-0.15, -0.1) is 0 Å². The maximum Gasteiger partial charge on any atom is 0.302 e. The highest BCUT2D eigenvalue weighted by atomic mass is 16.5. The van der Waals surface area contributed by atoms with Gasteiger partial charge in [0.1, 0.15) is 5.82 Å². The Morgan fingerprint density at radius 2 is 1.85 bits per heavy atom. The van der Waals surface area contributed by atoms with E-state index in [4.69, 9.17) is 19.2 Å². The molecule has 142 valence electrons. The van der Waals surface area contributed by atoms with Gasteiger partial charge in [-0.05, 0) is 50.3 Å². The van der Waals surface area contributed by atoms with E-state index < -0.39 is 0 Å². The topological polar surface area (TPSA) is 73.4 Å². The number of hydrogen-bond donors (Lipinski definition) is 1. The molecule has 1 N–H and O–H groups in total. The number of H-pyrrole nitrogens is 1. The fourth-order valence-corrected chi connectivity index (χ4v) is 2.83. The molecule has 26 heavy (non-hydrogen) atoms. The molecule has 6 nitrogen and oxygen atoms in total. The summed E-state index contributed by atoms with van der Waals surface area (Å²) in [5.41, 5.74) is 3.39. The van der Waals surface area contributed by atoms with Gasteiger partial charge in [0, 0.05) is 19.0 Å². The monoisotopic (exact) mass is 360 g/mol. The Hall–Kier alpha value is -2.50. The van der Waals surface area contributed by atoms with E-state index in [-0.39, 0.29) is 5.97 Å². The summed E-state index contributed by atoms with van der Waals surface area (Å²) >= 11 is 0. The van der Waals surface area contributed by atoms with E-state index in [0.29, 0.717) is 6.61 Å². The van der Waals surface area contributed by atoms with Crippen molar-refractivity contribution in [3.05, 3.63) is 41.0 Å². The molecule has 0 saturated heterocycles. The van der Waals surface area contributed by atoms with Gasteiger partial charge in [-0.2, -0.15) is 0 Å². The molecular formula is C20H28N2O4. The Balaban J connectivity index is 1.86. The van der Waals surface area contributed by atoms with Gasteiger partial charge < -0.3 is 19.2 Å². The number of unbranched alkanes of at least 4 members (excludes halogenated alkanes) is 1. The molecule has 6 heteroatoms. The predicted molar refractivity (Wildman–Crippen MR) is 99.8 cm³/mol. The maximum atomic E-state index is 10.7. The van der Waals surface area contributed by atoms with Crippen LogP contribution in [0.5, 0.6) is 11.5 Å². The lowest BCUT2D eigenvalue weighted by Crippen LogP contribution is -2.01. The summed E-state index contributed by atoms with van der Waals surface area (Å²) in [7, 11) is 3.28. The van der Waals surface area contributed by atoms with E-state index in [0.717, 1.165) is 60.8 Å². The highest BCUT2D eigenvalue weighted by Crippen LogP contribution is 2.28. The van der Waals surface area contributed by atoms with Crippen LogP contribution in [0.3, 0.4) is 0 Å². The van der Waals surface area contributed by atoms with Gasteiger partial charge in [0.2, 0.25) is 0 Å². The first kappa shape index (κ1) is 19.8. The molecule has 0 aliphatic heterocycles. The second-order valence-electron chi connectivity index (χ2n) is 6.24. The van der Waals surface area contributed by atoms with Gasteiger partial charge in [0.25, 0.3) is 0 Å². The number of methoxy groups -OCH3 is 2. The van der Waals surface area contributed by atoms with Crippen molar-refractivity contribution in [2.45, 2.75) is 46.0 Å². The molecule has 0 spiro atoms. The third-order valence-corrected chi connectivity index (χ3v) is 4.25. The zero-order valence-electron chi connectivity index (χ0n) is 16.1. The molecule has 0 bridgehead atoms.